The Morgan fingerprint density at radius 2 is 2.28 bits per heavy atom. The maximum atomic E-state index is 12.1. The van der Waals surface area contributed by atoms with Crippen LogP contribution in [0.4, 0.5) is 0 Å². The van der Waals surface area contributed by atoms with Gasteiger partial charge in [-0.05, 0) is 65.5 Å². The number of nitrogens with one attached hydrogen (secondary N) is 1. The number of carbonyl (C=O) groups is 1. The number of halogens is 2. The molecular weight excluding hydrogens is 361 g/mol. The van der Waals surface area contributed by atoms with E-state index in [0.29, 0.717) is 16.5 Å². The monoisotopic (exact) mass is 377 g/mol. The van der Waals surface area contributed by atoms with E-state index in [0.717, 1.165) is 16.0 Å². The molecule has 0 bridgehead atoms. The molecule has 1 saturated carbocycles. The number of benzene rings is 1. The standard InChI is InChI=1S/C14H17ClINO/c1-9-2-3-10(6-9)8-17-14(18)12-7-11(15)4-5-13(12)16/h4-5,7,9-10H,2-3,6,8H2,1H3,(H,17,18). The van der Waals surface area contributed by atoms with Crippen LogP contribution >= 0.6 is 34.2 Å². The highest BCUT2D eigenvalue weighted by molar-refractivity contribution is 14.1. The first kappa shape index (κ1) is 14.1. The molecule has 1 aliphatic rings. The van der Waals surface area contributed by atoms with Crippen LogP contribution in [0.15, 0.2) is 18.2 Å². The van der Waals surface area contributed by atoms with Crippen molar-refractivity contribution in [2.24, 2.45) is 11.8 Å². The van der Waals surface area contributed by atoms with Crippen molar-refractivity contribution in [1.29, 1.82) is 0 Å². The number of carbonyl (C=O) groups excluding carboxylic acids is 1. The first-order valence-corrected chi connectivity index (χ1v) is 7.75. The predicted molar refractivity (Wildman–Crippen MR) is 83.0 cm³/mol. The molecule has 98 valence electrons. The molecule has 0 radical (unpaired) electrons. The van der Waals surface area contributed by atoms with Crippen LogP contribution in [0, 0.1) is 15.4 Å². The Hall–Kier alpha value is -0.290. The van der Waals surface area contributed by atoms with Crippen molar-refractivity contribution >= 4 is 40.1 Å². The van der Waals surface area contributed by atoms with Gasteiger partial charge in [0.1, 0.15) is 0 Å². The fourth-order valence-corrected chi connectivity index (χ4v) is 3.27. The molecule has 1 aromatic rings. The average Bonchev–Trinajstić information content (AvgIpc) is 2.75. The van der Waals surface area contributed by atoms with Gasteiger partial charge in [0.15, 0.2) is 0 Å². The van der Waals surface area contributed by atoms with Crippen molar-refractivity contribution in [2.75, 3.05) is 6.54 Å². The highest BCUT2D eigenvalue weighted by atomic mass is 127. The Bertz CT molecular complexity index is 449. The zero-order chi connectivity index (χ0) is 13.1. The molecular formula is C14H17ClINO. The second kappa shape index (κ2) is 6.24. The number of amides is 1. The minimum atomic E-state index is -0.0125. The summed E-state index contributed by atoms with van der Waals surface area (Å²) in [6.45, 7) is 3.06. The molecule has 1 amide bonds. The number of hydrogen-bond acceptors (Lipinski definition) is 1. The Morgan fingerprint density at radius 3 is 2.94 bits per heavy atom. The minimum Gasteiger partial charge on any atom is -0.352 e. The quantitative estimate of drug-likeness (QED) is 0.789. The van der Waals surface area contributed by atoms with Crippen LogP contribution in [0.2, 0.25) is 5.02 Å². The topological polar surface area (TPSA) is 29.1 Å². The van der Waals surface area contributed by atoms with E-state index in [-0.39, 0.29) is 5.91 Å². The molecule has 2 rings (SSSR count). The summed E-state index contributed by atoms with van der Waals surface area (Å²) < 4.78 is 0.939. The molecule has 2 unspecified atom stereocenters. The van der Waals surface area contributed by atoms with Crippen molar-refractivity contribution in [3.63, 3.8) is 0 Å². The summed E-state index contributed by atoms with van der Waals surface area (Å²) in [6.07, 6.45) is 3.75. The maximum Gasteiger partial charge on any atom is 0.252 e. The van der Waals surface area contributed by atoms with Crippen LogP contribution in [0.1, 0.15) is 36.5 Å². The third-order valence-corrected chi connectivity index (χ3v) is 4.70. The molecule has 2 nitrogen and oxygen atoms in total. The lowest BCUT2D eigenvalue weighted by Gasteiger charge is -2.12. The zero-order valence-electron chi connectivity index (χ0n) is 10.4. The predicted octanol–water partition coefficient (Wildman–Crippen LogP) is 4.11. The third kappa shape index (κ3) is 3.60. The lowest BCUT2D eigenvalue weighted by molar-refractivity contribution is 0.0946. The van der Waals surface area contributed by atoms with E-state index in [1.54, 1.807) is 12.1 Å². The molecule has 1 N–H and O–H groups in total. The summed E-state index contributed by atoms with van der Waals surface area (Å²) in [5.74, 6) is 1.43. The zero-order valence-corrected chi connectivity index (χ0v) is 13.3. The third-order valence-electron chi connectivity index (χ3n) is 3.53. The second-order valence-corrected chi connectivity index (χ2v) is 6.72. The fraction of sp³-hybridized carbons (Fsp3) is 0.500. The average molecular weight is 378 g/mol. The van der Waals surface area contributed by atoms with Gasteiger partial charge in [-0.3, -0.25) is 4.79 Å². The van der Waals surface area contributed by atoms with Gasteiger partial charge in [0.2, 0.25) is 0 Å². The molecule has 2 atom stereocenters. The Kier molecular flexibility index (Phi) is 4.90. The van der Waals surface area contributed by atoms with Crippen molar-refractivity contribution in [3.8, 4) is 0 Å². The SMILES string of the molecule is CC1CCC(CNC(=O)c2cc(Cl)ccc2I)C1. The summed E-state index contributed by atoms with van der Waals surface area (Å²) in [5, 5.41) is 3.63. The fourth-order valence-electron chi connectivity index (χ4n) is 2.51. The molecule has 1 aliphatic carbocycles. The molecule has 0 heterocycles. The highest BCUT2D eigenvalue weighted by Crippen LogP contribution is 2.29. The number of hydrogen-bond donors (Lipinski definition) is 1. The first-order chi connectivity index (χ1) is 8.56. The van der Waals surface area contributed by atoms with Gasteiger partial charge in [-0.2, -0.15) is 0 Å². The van der Waals surface area contributed by atoms with Gasteiger partial charge in [0.05, 0.1) is 5.56 Å². The van der Waals surface area contributed by atoms with Gasteiger partial charge in [-0.1, -0.05) is 24.9 Å². The van der Waals surface area contributed by atoms with Crippen LogP contribution in [-0.2, 0) is 0 Å². The molecule has 4 heteroatoms. The largest absolute Gasteiger partial charge is 0.352 e. The van der Waals surface area contributed by atoms with Crippen molar-refractivity contribution in [3.05, 3.63) is 32.4 Å². The van der Waals surface area contributed by atoms with Gasteiger partial charge in [0, 0.05) is 15.1 Å². The number of rotatable bonds is 3. The van der Waals surface area contributed by atoms with Crippen LogP contribution in [-0.4, -0.2) is 12.5 Å². The van der Waals surface area contributed by atoms with E-state index in [2.05, 4.69) is 34.8 Å². The molecule has 1 aromatic carbocycles. The highest BCUT2D eigenvalue weighted by Gasteiger charge is 2.22. The molecule has 18 heavy (non-hydrogen) atoms. The molecule has 0 aliphatic heterocycles. The molecule has 1 fully saturated rings. The van der Waals surface area contributed by atoms with Gasteiger partial charge in [-0.15, -0.1) is 0 Å². The van der Waals surface area contributed by atoms with Gasteiger partial charge < -0.3 is 5.32 Å². The lowest BCUT2D eigenvalue weighted by atomic mass is 10.1. The summed E-state index contributed by atoms with van der Waals surface area (Å²) in [5.41, 5.74) is 0.675. The van der Waals surface area contributed by atoms with Crippen LogP contribution in [0.25, 0.3) is 0 Å². The molecule has 0 saturated heterocycles. The van der Waals surface area contributed by atoms with Crippen LogP contribution in [0.5, 0.6) is 0 Å². The van der Waals surface area contributed by atoms with Gasteiger partial charge in [0.25, 0.3) is 5.91 Å². The Balaban J connectivity index is 1.93. The molecule has 0 spiro atoms. The first-order valence-electron chi connectivity index (χ1n) is 6.29. The van der Waals surface area contributed by atoms with Crippen molar-refractivity contribution in [1.82, 2.24) is 5.32 Å². The summed E-state index contributed by atoms with van der Waals surface area (Å²) in [4.78, 5) is 12.1. The van der Waals surface area contributed by atoms with Crippen molar-refractivity contribution < 1.29 is 4.79 Å². The van der Waals surface area contributed by atoms with E-state index in [4.69, 9.17) is 11.6 Å². The van der Waals surface area contributed by atoms with E-state index >= 15 is 0 Å². The Morgan fingerprint density at radius 1 is 1.50 bits per heavy atom. The van der Waals surface area contributed by atoms with Crippen LogP contribution < -0.4 is 5.32 Å². The second-order valence-electron chi connectivity index (χ2n) is 5.12. The Labute approximate surface area is 127 Å². The van der Waals surface area contributed by atoms with E-state index in [1.807, 2.05) is 6.07 Å². The smallest absolute Gasteiger partial charge is 0.252 e. The minimum absolute atomic E-state index is 0.0125. The van der Waals surface area contributed by atoms with E-state index < -0.39 is 0 Å². The molecule has 0 aromatic heterocycles. The van der Waals surface area contributed by atoms with E-state index in [1.165, 1.54) is 19.3 Å². The summed E-state index contributed by atoms with van der Waals surface area (Å²) in [6, 6.07) is 5.41. The van der Waals surface area contributed by atoms with Crippen molar-refractivity contribution in [2.45, 2.75) is 26.2 Å². The van der Waals surface area contributed by atoms with Gasteiger partial charge in [-0.25, -0.2) is 0 Å². The normalized spacial score (nSPS) is 23.1. The summed E-state index contributed by atoms with van der Waals surface area (Å²) in [7, 11) is 0. The summed E-state index contributed by atoms with van der Waals surface area (Å²) >= 11 is 8.09. The van der Waals surface area contributed by atoms with Crippen LogP contribution in [0.3, 0.4) is 0 Å². The van der Waals surface area contributed by atoms with E-state index in [9.17, 15) is 4.79 Å². The van der Waals surface area contributed by atoms with Gasteiger partial charge >= 0.3 is 0 Å². The maximum absolute atomic E-state index is 12.1. The lowest BCUT2D eigenvalue weighted by Crippen LogP contribution is -2.29.